The third-order valence-corrected chi connectivity index (χ3v) is 6.61. The van der Waals surface area contributed by atoms with Crippen LogP contribution in [0.5, 0.6) is 0 Å². The van der Waals surface area contributed by atoms with Crippen LogP contribution < -0.4 is 5.32 Å². The highest BCUT2D eigenvalue weighted by atomic mass is 32.2. The Kier molecular flexibility index (Phi) is 8.47. The van der Waals surface area contributed by atoms with E-state index in [-0.39, 0.29) is 11.9 Å². The summed E-state index contributed by atoms with van der Waals surface area (Å²) >= 11 is 1.43. The smallest absolute Gasteiger partial charge is 0.230 e. The third kappa shape index (κ3) is 5.78. The lowest BCUT2D eigenvalue weighted by Crippen LogP contribution is -2.35. The van der Waals surface area contributed by atoms with Gasteiger partial charge in [0.05, 0.1) is 11.8 Å². The molecule has 32 heavy (non-hydrogen) atoms. The van der Waals surface area contributed by atoms with Gasteiger partial charge < -0.3 is 14.8 Å². The molecule has 170 valence electrons. The number of carbonyl (C=O) groups excluding carboxylic acids is 1. The molecule has 1 aromatic heterocycles. The van der Waals surface area contributed by atoms with Gasteiger partial charge in [-0.3, -0.25) is 4.79 Å². The summed E-state index contributed by atoms with van der Waals surface area (Å²) in [6.07, 6.45) is 1.02. The SMILES string of the molecule is CCc1ccc(C(CNC(=O)CSc2nnc(-c3ccccc3C)n2CC)N(C)C)cc1. The second kappa shape index (κ2) is 11.3. The zero-order valence-corrected chi connectivity index (χ0v) is 20.4. The molecule has 1 N–H and O–H groups in total. The van der Waals surface area contributed by atoms with Gasteiger partial charge in [-0.25, -0.2) is 0 Å². The molecular weight excluding hydrogens is 418 g/mol. The van der Waals surface area contributed by atoms with Gasteiger partial charge in [-0.05, 0) is 51.1 Å². The van der Waals surface area contributed by atoms with E-state index in [0.29, 0.717) is 12.3 Å². The molecule has 3 rings (SSSR count). The Labute approximate surface area is 195 Å². The lowest BCUT2D eigenvalue weighted by Gasteiger charge is -2.25. The van der Waals surface area contributed by atoms with Crippen LogP contribution in [0.2, 0.25) is 0 Å². The van der Waals surface area contributed by atoms with Crippen molar-refractivity contribution < 1.29 is 4.79 Å². The molecule has 1 unspecified atom stereocenters. The number of benzene rings is 2. The van der Waals surface area contributed by atoms with Crippen LogP contribution in [0.4, 0.5) is 0 Å². The predicted octanol–water partition coefficient (Wildman–Crippen LogP) is 4.35. The lowest BCUT2D eigenvalue weighted by molar-refractivity contribution is -0.118. The number of amides is 1. The van der Waals surface area contributed by atoms with Gasteiger partial charge in [0.25, 0.3) is 0 Å². The first-order chi connectivity index (χ1) is 15.4. The van der Waals surface area contributed by atoms with Crippen molar-refractivity contribution in [1.82, 2.24) is 25.0 Å². The molecule has 1 heterocycles. The zero-order chi connectivity index (χ0) is 23.1. The van der Waals surface area contributed by atoms with Crippen LogP contribution in [-0.2, 0) is 17.8 Å². The molecule has 0 aliphatic heterocycles. The van der Waals surface area contributed by atoms with Crippen molar-refractivity contribution in [2.75, 3.05) is 26.4 Å². The van der Waals surface area contributed by atoms with E-state index in [4.69, 9.17) is 0 Å². The average molecular weight is 452 g/mol. The molecule has 0 saturated carbocycles. The number of thioether (sulfide) groups is 1. The first-order valence-corrected chi connectivity index (χ1v) is 12.1. The summed E-state index contributed by atoms with van der Waals surface area (Å²) < 4.78 is 2.07. The van der Waals surface area contributed by atoms with E-state index in [1.165, 1.54) is 22.9 Å². The first-order valence-electron chi connectivity index (χ1n) is 11.1. The van der Waals surface area contributed by atoms with Gasteiger partial charge in [0.1, 0.15) is 0 Å². The Balaban J connectivity index is 1.61. The number of aromatic nitrogens is 3. The highest BCUT2D eigenvalue weighted by Crippen LogP contribution is 2.26. The van der Waals surface area contributed by atoms with E-state index in [0.717, 1.165) is 35.1 Å². The van der Waals surface area contributed by atoms with Gasteiger partial charge in [-0.15, -0.1) is 10.2 Å². The Morgan fingerprint density at radius 3 is 2.44 bits per heavy atom. The second-order valence-electron chi connectivity index (χ2n) is 8.03. The summed E-state index contributed by atoms with van der Waals surface area (Å²) in [5.41, 5.74) is 4.75. The maximum Gasteiger partial charge on any atom is 0.230 e. The maximum absolute atomic E-state index is 12.6. The van der Waals surface area contributed by atoms with Crippen molar-refractivity contribution in [3.8, 4) is 11.4 Å². The molecule has 0 spiro atoms. The minimum Gasteiger partial charge on any atom is -0.353 e. The molecular formula is C25H33N5OS. The van der Waals surface area contributed by atoms with E-state index < -0.39 is 0 Å². The number of nitrogens with zero attached hydrogens (tertiary/aromatic N) is 4. The normalized spacial score (nSPS) is 12.2. The summed E-state index contributed by atoms with van der Waals surface area (Å²) in [5.74, 6) is 1.15. The number of rotatable bonds is 10. The topological polar surface area (TPSA) is 63.1 Å². The largest absolute Gasteiger partial charge is 0.353 e. The fraction of sp³-hybridized carbons (Fsp3) is 0.400. The average Bonchev–Trinajstić information content (AvgIpc) is 3.21. The van der Waals surface area contributed by atoms with Gasteiger partial charge >= 0.3 is 0 Å². The number of hydrogen-bond acceptors (Lipinski definition) is 5. The molecule has 0 fully saturated rings. The van der Waals surface area contributed by atoms with Crippen LogP contribution in [0, 0.1) is 6.92 Å². The van der Waals surface area contributed by atoms with Gasteiger partial charge in [0.2, 0.25) is 5.91 Å². The van der Waals surface area contributed by atoms with Crippen LogP contribution in [0.15, 0.2) is 53.7 Å². The molecule has 0 bridgehead atoms. The number of aryl methyl sites for hydroxylation is 2. The molecule has 1 amide bonds. The summed E-state index contributed by atoms with van der Waals surface area (Å²) in [6, 6.07) is 16.9. The second-order valence-corrected chi connectivity index (χ2v) is 8.98. The molecule has 0 radical (unpaired) electrons. The van der Waals surface area contributed by atoms with Gasteiger partial charge in [0, 0.05) is 18.7 Å². The molecule has 6 nitrogen and oxygen atoms in total. The fourth-order valence-electron chi connectivity index (χ4n) is 3.67. The monoisotopic (exact) mass is 451 g/mol. The fourth-order valence-corrected chi connectivity index (χ4v) is 4.50. The number of hydrogen-bond donors (Lipinski definition) is 1. The Bertz CT molecular complexity index is 1030. The van der Waals surface area contributed by atoms with Crippen molar-refractivity contribution in [2.45, 2.75) is 44.9 Å². The van der Waals surface area contributed by atoms with Crippen LogP contribution in [-0.4, -0.2) is 52.0 Å². The molecule has 7 heteroatoms. The molecule has 1 atom stereocenters. The number of carbonyl (C=O) groups is 1. The van der Waals surface area contributed by atoms with Crippen molar-refractivity contribution in [3.05, 3.63) is 65.2 Å². The van der Waals surface area contributed by atoms with E-state index in [9.17, 15) is 4.79 Å². The van der Waals surface area contributed by atoms with Crippen LogP contribution in [0.25, 0.3) is 11.4 Å². The summed E-state index contributed by atoms with van der Waals surface area (Å²) in [5, 5.41) is 12.6. The lowest BCUT2D eigenvalue weighted by atomic mass is 10.0. The highest BCUT2D eigenvalue weighted by molar-refractivity contribution is 7.99. The Hall–Kier alpha value is -2.64. The standard InChI is InChI=1S/C25H33N5OS/c1-6-19-12-14-20(15-13-19)22(29(4)5)16-26-23(31)17-32-25-28-27-24(30(25)7-2)21-11-9-8-10-18(21)3/h8-15,22H,6-7,16-17H2,1-5H3,(H,26,31). The van der Waals surface area contributed by atoms with Crippen LogP contribution >= 0.6 is 11.8 Å². The molecule has 2 aromatic carbocycles. The first kappa shape index (κ1) is 24.0. The van der Waals surface area contributed by atoms with Crippen molar-refractivity contribution in [2.24, 2.45) is 0 Å². The van der Waals surface area contributed by atoms with E-state index in [1.54, 1.807) is 0 Å². The Morgan fingerprint density at radius 1 is 1.09 bits per heavy atom. The Morgan fingerprint density at radius 2 is 1.81 bits per heavy atom. The summed E-state index contributed by atoms with van der Waals surface area (Å²) in [4.78, 5) is 14.7. The van der Waals surface area contributed by atoms with Gasteiger partial charge in [0.15, 0.2) is 11.0 Å². The van der Waals surface area contributed by atoms with Crippen molar-refractivity contribution in [1.29, 1.82) is 0 Å². The number of likely N-dealkylation sites (N-methyl/N-ethyl adjacent to an activating group) is 1. The van der Waals surface area contributed by atoms with Crippen LogP contribution in [0.1, 0.15) is 36.6 Å². The number of nitrogens with one attached hydrogen (secondary N) is 1. The molecule has 0 saturated heterocycles. The van der Waals surface area contributed by atoms with E-state index in [2.05, 4.69) is 82.2 Å². The third-order valence-electron chi connectivity index (χ3n) is 5.64. The molecule has 3 aromatic rings. The van der Waals surface area contributed by atoms with Crippen molar-refractivity contribution in [3.63, 3.8) is 0 Å². The summed E-state index contributed by atoms with van der Waals surface area (Å²) in [7, 11) is 4.08. The van der Waals surface area contributed by atoms with Crippen LogP contribution in [0.3, 0.4) is 0 Å². The van der Waals surface area contributed by atoms with Gasteiger partial charge in [-0.2, -0.15) is 0 Å². The minimum atomic E-state index is -0.00452. The van der Waals surface area contributed by atoms with Gasteiger partial charge in [-0.1, -0.05) is 67.2 Å². The van der Waals surface area contributed by atoms with E-state index >= 15 is 0 Å². The molecule has 0 aliphatic carbocycles. The summed E-state index contributed by atoms with van der Waals surface area (Å²) in [6.45, 7) is 7.60. The zero-order valence-electron chi connectivity index (χ0n) is 19.6. The maximum atomic E-state index is 12.6. The van der Waals surface area contributed by atoms with E-state index in [1.807, 2.05) is 26.2 Å². The predicted molar refractivity (Wildman–Crippen MR) is 132 cm³/mol. The highest BCUT2D eigenvalue weighted by Gasteiger charge is 2.18. The minimum absolute atomic E-state index is 0.00452. The molecule has 0 aliphatic rings. The quantitative estimate of drug-likeness (QED) is 0.465. The van der Waals surface area contributed by atoms with Crippen molar-refractivity contribution >= 4 is 17.7 Å².